The number of likely N-dealkylation sites (tertiary alicyclic amines) is 1. The zero-order valence-corrected chi connectivity index (χ0v) is 15.8. The summed E-state index contributed by atoms with van der Waals surface area (Å²) in [5.41, 5.74) is 0.476. The lowest BCUT2D eigenvalue weighted by atomic mass is 10.1. The number of fused-ring (bicyclic) bond motifs is 1. The van der Waals surface area contributed by atoms with Crippen molar-refractivity contribution in [2.75, 3.05) is 23.9 Å². The van der Waals surface area contributed by atoms with E-state index in [1.807, 2.05) is 0 Å². The quantitative estimate of drug-likeness (QED) is 0.806. The van der Waals surface area contributed by atoms with Crippen LogP contribution in [-0.2, 0) is 14.8 Å². The molecule has 1 aromatic carbocycles. The highest BCUT2D eigenvalue weighted by molar-refractivity contribution is 7.94. The van der Waals surface area contributed by atoms with Crippen LogP contribution in [-0.4, -0.2) is 45.0 Å². The van der Waals surface area contributed by atoms with Crippen LogP contribution in [0.25, 0.3) is 0 Å². The summed E-state index contributed by atoms with van der Waals surface area (Å²) >= 11 is 1.17. The Kier molecular flexibility index (Phi) is 4.62. The SMILES string of the molecule is O=C([C@H]1CN(S(=O)(=O)c2cccs2)c2ccccc2O1)N1CCCCC1. The summed E-state index contributed by atoms with van der Waals surface area (Å²) in [6.07, 6.45) is 2.26. The van der Waals surface area contributed by atoms with Crippen molar-refractivity contribution in [3.63, 3.8) is 0 Å². The first-order chi connectivity index (χ1) is 12.6. The monoisotopic (exact) mass is 392 g/mol. The molecule has 138 valence electrons. The highest BCUT2D eigenvalue weighted by Crippen LogP contribution is 2.37. The number of thiophene rings is 1. The van der Waals surface area contributed by atoms with Crippen molar-refractivity contribution in [3.8, 4) is 5.75 Å². The number of hydrogen-bond donors (Lipinski definition) is 0. The molecule has 1 saturated heterocycles. The molecule has 0 aliphatic carbocycles. The first-order valence-corrected chi connectivity index (χ1v) is 11.0. The fourth-order valence-electron chi connectivity index (χ4n) is 3.40. The van der Waals surface area contributed by atoms with Crippen LogP contribution in [0.3, 0.4) is 0 Å². The molecular weight excluding hydrogens is 372 g/mol. The van der Waals surface area contributed by atoms with Crippen molar-refractivity contribution in [2.24, 2.45) is 0 Å². The highest BCUT2D eigenvalue weighted by atomic mass is 32.2. The lowest BCUT2D eigenvalue weighted by molar-refractivity contribution is -0.139. The number of ether oxygens (including phenoxy) is 1. The maximum absolute atomic E-state index is 13.1. The van der Waals surface area contributed by atoms with Gasteiger partial charge in [-0.3, -0.25) is 9.10 Å². The number of sulfonamides is 1. The molecule has 4 rings (SSSR count). The van der Waals surface area contributed by atoms with Crippen LogP contribution in [0.2, 0.25) is 0 Å². The van der Waals surface area contributed by atoms with E-state index in [2.05, 4.69) is 0 Å². The summed E-state index contributed by atoms with van der Waals surface area (Å²) in [4.78, 5) is 14.7. The van der Waals surface area contributed by atoms with Gasteiger partial charge in [0.2, 0.25) is 0 Å². The van der Waals surface area contributed by atoms with Crippen LogP contribution >= 0.6 is 11.3 Å². The Morgan fingerprint density at radius 1 is 1.08 bits per heavy atom. The maximum atomic E-state index is 13.1. The van der Waals surface area contributed by atoms with Crippen molar-refractivity contribution in [1.82, 2.24) is 4.90 Å². The summed E-state index contributed by atoms with van der Waals surface area (Å²) in [6, 6.07) is 10.3. The van der Waals surface area contributed by atoms with E-state index >= 15 is 0 Å². The van der Waals surface area contributed by atoms with Gasteiger partial charge in [-0.1, -0.05) is 18.2 Å². The van der Waals surface area contributed by atoms with E-state index in [9.17, 15) is 13.2 Å². The summed E-state index contributed by atoms with van der Waals surface area (Å²) < 4.78 is 33.7. The van der Waals surface area contributed by atoms with Crippen molar-refractivity contribution in [3.05, 3.63) is 41.8 Å². The smallest absolute Gasteiger partial charge is 0.274 e. The lowest BCUT2D eigenvalue weighted by Crippen LogP contribution is -2.52. The van der Waals surface area contributed by atoms with E-state index in [-0.39, 0.29) is 16.7 Å². The summed E-state index contributed by atoms with van der Waals surface area (Å²) in [5.74, 6) is 0.292. The molecule has 0 radical (unpaired) electrons. The number of para-hydroxylation sites is 2. The minimum atomic E-state index is -3.73. The van der Waals surface area contributed by atoms with Crippen LogP contribution in [0.15, 0.2) is 46.0 Å². The molecular formula is C18H20N2O4S2. The molecule has 8 heteroatoms. The molecule has 1 amide bonds. The molecule has 1 atom stereocenters. The van der Waals surface area contributed by atoms with Gasteiger partial charge in [0.1, 0.15) is 9.96 Å². The molecule has 2 aromatic rings. The summed E-state index contributed by atoms with van der Waals surface area (Å²) in [5, 5.41) is 1.73. The van der Waals surface area contributed by atoms with Crippen LogP contribution in [0.5, 0.6) is 5.75 Å². The summed E-state index contributed by atoms with van der Waals surface area (Å²) in [6.45, 7) is 1.41. The second-order valence-corrected chi connectivity index (χ2v) is 9.47. The van der Waals surface area contributed by atoms with E-state index in [1.165, 1.54) is 15.6 Å². The van der Waals surface area contributed by atoms with Crippen LogP contribution in [0, 0.1) is 0 Å². The van der Waals surface area contributed by atoms with Gasteiger partial charge >= 0.3 is 0 Å². The Morgan fingerprint density at radius 3 is 2.58 bits per heavy atom. The Balaban J connectivity index is 1.68. The zero-order valence-electron chi connectivity index (χ0n) is 14.2. The van der Waals surface area contributed by atoms with E-state index in [4.69, 9.17) is 4.74 Å². The van der Waals surface area contributed by atoms with Crippen molar-refractivity contribution < 1.29 is 17.9 Å². The van der Waals surface area contributed by atoms with Gasteiger partial charge in [0.05, 0.1) is 12.2 Å². The molecule has 26 heavy (non-hydrogen) atoms. The number of amides is 1. The van der Waals surface area contributed by atoms with E-state index in [0.717, 1.165) is 19.3 Å². The van der Waals surface area contributed by atoms with E-state index in [1.54, 1.807) is 46.7 Å². The number of carbonyl (C=O) groups is 1. The molecule has 2 aliphatic heterocycles. The lowest BCUT2D eigenvalue weighted by Gasteiger charge is -2.37. The number of nitrogens with zero attached hydrogens (tertiary/aromatic N) is 2. The van der Waals surface area contributed by atoms with Gasteiger partial charge in [0.25, 0.3) is 15.9 Å². The van der Waals surface area contributed by atoms with Crippen molar-refractivity contribution >= 4 is 33.0 Å². The number of rotatable bonds is 3. The van der Waals surface area contributed by atoms with Gasteiger partial charge in [0.15, 0.2) is 6.10 Å². The molecule has 1 aromatic heterocycles. The van der Waals surface area contributed by atoms with Gasteiger partial charge in [-0.2, -0.15) is 0 Å². The number of benzene rings is 1. The standard InChI is InChI=1S/C18H20N2O4S2/c21-18(19-10-4-1-5-11-19)16-13-20(14-7-2-3-8-15(14)24-16)26(22,23)17-9-6-12-25-17/h2-3,6-9,12,16H,1,4-5,10-11,13H2/t16-/m1/s1. The molecule has 6 nitrogen and oxygen atoms in total. The van der Waals surface area contributed by atoms with Gasteiger partial charge in [-0.15, -0.1) is 11.3 Å². The second-order valence-electron chi connectivity index (χ2n) is 6.43. The molecule has 0 N–H and O–H groups in total. The van der Waals surface area contributed by atoms with Gasteiger partial charge in [-0.05, 0) is 42.8 Å². The summed E-state index contributed by atoms with van der Waals surface area (Å²) in [7, 11) is -3.73. The Labute approximate surface area is 157 Å². The van der Waals surface area contributed by atoms with Crippen LogP contribution < -0.4 is 9.04 Å². The highest BCUT2D eigenvalue weighted by Gasteiger charge is 2.39. The predicted octanol–water partition coefficient (Wildman–Crippen LogP) is 2.72. The molecule has 0 bridgehead atoms. The van der Waals surface area contributed by atoms with E-state index < -0.39 is 16.1 Å². The molecule has 0 spiro atoms. The Bertz CT molecular complexity index is 890. The normalized spacial score (nSPS) is 20.4. The second kappa shape index (κ2) is 6.92. The van der Waals surface area contributed by atoms with Gasteiger partial charge in [-0.25, -0.2) is 8.42 Å². The number of carbonyl (C=O) groups excluding carboxylic acids is 1. The van der Waals surface area contributed by atoms with Crippen molar-refractivity contribution in [1.29, 1.82) is 0 Å². The number of anilines is 1. The average molecular weight is 393 g/mol. The van der Waals surface area contributed by atoms with Crippen molar-refractivity contribution in [2.45, 2.75) is 29.6 Å². The predicted molar refractivity (Wildman–Crippen MR) is 100 cm³/mol. The third-order valence-electron chi connectivity index (χ3n) is 4.72. The maximum Gasteiger partial charge on any atom is 0.274 e. The minimum absolute atomic E-state index is 0.00736. The molecule has 0 unspecified atom stereocenters. The number of hydrogen-bond acceptors (Lipinski definition) is 5. The molecule has 2 aliphatic rings. The van der Waals surface area contributed by atoms with Gasteiger partial charge < -0.3 is 9.64 Å². The largest absolute Gasteiger partial charge is 0.476 e. The van der Waals surface area contributed by atoms with Crippen LogP contribution in [0.4, 0.5) is 5.69 Å². The first kappa shape index (κ1) is 17.4. The third kappa shape index (κ3) is 3.07. The van der Waals surface area contributed by atoms with Gasteiger partial charge in [0, 0.05) is 13.1 Å². The molecule has 0 saturated carbocycles. The molecule has 1 fully saturated rings. The topological polar surface area (TPSA) is 66.9 Å². The number of piperidine rings is 1. The minimum Gasteiger partial charge on any atom is -0.476 e. The first-order valence-electron chi connectivity index (χ1n) is 8.68. The fourth-order valence-corrected chi connectivity index (χ4v) is 5.98. The zero-order chi connectivity index (χ0) is 18.1. The Hall–Kier alpha value is -2.06. The van der Waals surface area contributed by atoms with E-state index in [0.29, 0.717) is 24.5 Å². The Morgan fingerprint density at radius 2 is 1.85 bits per heavy atom. The average Bonchev–Trinajstić information content (AvgIpc) is 3.23. The molecule has 3 heterocycles. The fraction of sp³-hybridized carbons (Fsp3) is 0.389. The van der Waals surface area contributed by atoms with Crippen LogP contribution in [0.1, 0.15) is 19.3 Å². The third-order valence-corrected chi connectivity index (χ3v) is 7.87.